The van der Waals surface area contributed by atoms with Crippen LogP contribution in [0.1, 0.15) is 33.0 Å². The molecule has 1 aromatic heterocycles. The van der Waals surface area contributed by atoms with Crippen molar-refractivity contribution in [2.75, 3.05) is 6.54 Å². The molecule has 0 aromatic carbocycles. The summed E-state index contributed by atoms with van der Waals surface area (Å²) < 4.78 is 5.24. The lowest BCUT2D eigenvalue weighted by Gasteiger charge is -2.23. The molecular weight excluding hydrogens is 216 g/mol. The number of amides is 1. The summed E-state index contributed by atoms with van der Waals surface area (Å²) in [6.07, 6.45) is 2.01. The van der Waals surface area contributed by atoms with E-state index in [-0.39, 0.29) is 11.9 Å². The average Bonchev–Trinajstić information content (AvgIpc) is 2.78. The highest BCUT2D eigenvalue weighted by molar-refractivity contribution is 5.76. The molecule has 0 bridgehead atoms. The van der Waals surface area contributed by atoms with E-state index in [0.717, 1.165) is 5.76 Å². The number of carbonyl (C=O) groups excluding carboxylic acids is 1. The van der Waals surface area contributed by atoms with E-state index in [1.165, 1.54) is 0 Å². The summed E-state index contributed by atoms with van der Waals surface area (Å²) in [5.74, 6) is 1.21. The molecule has 0 radical (unpaired) electrons. The highest BCUT2D eigenvalue weighted by atomic mass is 16.3. The van der Waals surface area contributed by atoms with Gasteiger partial charge in [-0.2, -0.15) is 0 Å². The first-order valence-corrected chi connectivity index (χ1v) is 6.10. The average molecular weight is 238 g/mol. The molecule has 1 unspecified atom stereocenters. The Kier molecular flexibility index (Phi) is 5.22. The third kappa shape index (κ3) is 4.23. The summed E-state index contributed by atoms with van der Waals surface area (Å²) in [5.41, 5.74) is 5.91. The molecule has 1 aromatic rings. The molecule has 0 spiro atoms. The maximum absolute atomic E-state index is 12.0. The number of furan rings is 1. The van der Waals surface area contributed by atoms with Crippen LogP contribution in [0.4, 0.5) is 0 Å². The Bertz CT molecular complexity index is 333. The van der Waals surface area contributed by atoms with Crippen molar-refractivity contribution in [1.29, 1.82) is 0 Å². The summed E-state index contributed by atoms with van der Waals surface area (Å²) in [6.45, 7) is 7.21. The van der Waals surface area contributed by atoms with Crippen LogP contribution in [0.5, 0.6) is 0 Å². The van der Waals surface area contributed by atoms with Gasteiger partial charge in [-0.15, -0.1) is 0 Å². The largest absolute Gasteiger partial charge is 0.467 e. The number of hydrogen-bond acceptors (Lipinski definition) is 3. The lowest BCUT2D eigenvalue weighted by molar-refractivity contribution is -0.132. The van der Waals surface area contributed by atoms with Gasteiger partial charge >= 0.3 is 0 Å². The van der Waals surface area contributed by atoms with Crippen molar-refractivity contribution in [3.8, 4) is 0 Å². The lowest BCUT2D eigenvalue weighted by atomic mass is 10.0. The third-order valence-electron chi connectivity index (χ3n) is 2.93. The molecule has 0 aliphatic rings. The molecule has 4 nitrogen and oxygen atoms in total. The van der Waals surface area contributed by atoms with Crippen LogP contribution in [0.2, 0.25) is 0 Å². The second kappa shape index (κ2) is 6.45. The van der Waals surface area contributed by atoms with Crippen LogP contribution in [-0.4, -0.2) is 23.4 Å². The highest BCUT2D eigenvalue weighted by Gasteiger charge is 2.18. The van der Waals surface area contributed by atoms with Crippen molar-refractivity contribution in [3.05, 3.63) is 24.2 Å². The van der Waals surface area contributed by atoms with Gasteiger partial charge in [0.1, 0.15) is 5.76 Å². The smallest absolute Gasteiger partial charge is 0.224 e. The fraction of sp³-hybridized carbons (Fsp3) is 0.615. The summed E-state index contributed by atoms with van der Waals surface area (Å²) in [6, 6.07) is 3.62. The molecule has 17 heavy (non-hydrogen) atoms. The van der Waals surface area contributed by atoms with Crippen molar-refractivity contribution >= 4 is 5.91 Å². The Morgan fingerprint density at radius 2 is 2.24 bits per heavy atom. The number of nitrogens with two attached hydrogens (primary N) is 1. The van der Waals surface area contributed by atoms with Crippen molar-refractivity contribution in [1.82, 2.24) is 4.90 Å². The van der Waals surface area contributed by atoms with E-state index in [2.05, 4.69) is 0 Å². The molecule has 0 fully saturated rings. The SMILES string of the molecule is CCN(Cc1ccco1)C(=O)CC(N)C(C)C. The van der Waals surface area contributed by atoms with Gasteiger partial charge < -0.3 is 15.1 Å². The van der Waals surface area contributed by atoms with Gasteiger partial charge in [-0.1, -0.05) is 13.8 Å². The maximum atomic E-state index is 12.0. The van der Waals surface area contributed by atoms with E-state index in [0.29, 0.717) is 25.4 Å². The van der Waals surface area contributed by atoms with Crippen molar-refractivity contribution in [2.45, 2.75) is 39.8 Å². The zero-order valence-electron chi connectivity index (χ0n) is 10.8. The molecule has 1 atom stereocenters. The predicted octanol–water partition coefficient (Wildman–Crippen LogP) is 2.00. The molecule has 4 heteroatoms. The van der Waals surface area contributed by atoms with Crippen LogP contribution in [0.15, 0.2) is 22.8 Å². The zero-order valence-corrected chi connectivity index (χ0v) is 10.8. The molecular formula is C13H22N2O2. The second-order valence-corrected chi connectivity index (χ2v) is 4.60. The summed E-state index contributed by atoms with van der Waals surface area (Å²) >= 11 is 0. The Labute approximate surface area is 103 Å². The summed E-state index contributed by atoms with van der Waals surface area (Å²) in [5, 5.41) is 0. The quantitative estimate of drug-likeness (QED) is 0.824. The first-order chi connectivity index (χ1) is 8.04. The second-order valence-electron chi connectivity index (χ2n) is 4.60. The molecule has 1 rings (SSSR count). The number of rotatable bonds is 6. The van der Waals surface area contributed by atoms with Gasteiger partial charge in [0.25, 0.3) is 0 Å². The van der Waals surface area contributed by atoms with E-state index >= 15 is 0 Å². The van der Waals surface area contributed by atoms with Gasteiger partial charge in [-0.3, -0.25) is 4.79 Å². The van der Waals surface area contributed by atoms with Crippen LogP contribution < -0.4 is 5.73 Å². The molecule has 0 saturated carbocycles. The molecule has 1 amide bonds. The fourth-order valence-electron chi connectivity index (χ4n) is 1.53. The van der Waals surface area contributed by atoms with Gasteiger partial charge in [0.2, 0.25) is 5.91 Å². The van der Waals surface area contributed by atoms with Crippen molar-refractivity contribution in [3.63, 3.8) is 0 Å². The van der Waals surface area contributed by atoms with Gasteiger partial charge in [0.05, 0.1) is 12.8 Å². The van der Waals surface area contributed by atoms with Crippen LogP contribution >= 0.6 is 0 Å². The van der Waals surface area contributed by atoms with E-state index in [1.807, 2.05) is 32.9 Å². The van der Waals surface area contributed by atoms with Gasteiger partial charge in [-0.05, 0) is 25.0 Å². The van der Waals surface area contributed by atoms with E-state index < -0.39 is 0 Å². The number of hydrogen-bond donors (Lipinski definition) is 1. The zero-order chi connectivity index (χ0) is 12.8. The molecule has 0 aliphatic heterocycles. The highest BCUT2D eigenvalue weighted by Crippen LogP contribution is 2.10. The lowest BCUT2D eigenvalue weighted by Crippen LogP contribution is -2.37. The summed E-state index contributed by atoms with van der Waals surface area (Å²) in [4.78, 5) is 13.8. The Hall–Kier alpha value is -1.29. The van der Waals surface area contributed by atoms with E-state index in [1.54, 1.807) is 11.2 Å². The van der Waals surface area contributed by atoms with Crippen molar-refractivity contribution < 1.29 is 9.21 Å². The number of carbonyl (C=O) groups is 1. The van der Waals surface area contributed by atoms with Gasteiger partial charge in [-0.25, -0.2) is 0 Å². The molecule has 0 saturated heterocycles. The Morgan fingerprint density at radius 1 is 1.53 bits per heavy atom. The van der Waals surface area contributed by atoms with E-state index in [4.69, 9.17) is 10.2 Å². The minimum Gasteiger partial charge on any atom is -0.467 e. The van der Waals surface area contributed by atoms with Crippen molar-refractivity contribution in [2.24, 2.45) is 11.7 Å². The Morgan fingerprint density at radius 3 is 2.71 bits per heavy atom. The molecule has 1 heterocycles. The van der Waals surface area contributed by atoms with Crippen LogP contribution in [0.25, 0.3) is 0 Å². The monoisotopic (exact) mass is 238 g/mol. The topological polar surface area (TPSA) is 59.5 Å². The Balaban J connectivity index is 2.52. The minimum absolute atomic E-state index is 0.0758. The standard InChI is InChI=1S/C13H22N2O2/c1-4-15(9-11-6-5-7-17-11)13(16)8-12(14)10(2)3/h5-7,10,12H,4,8-9,14H2,1-3H3. The van der Waals surface area contributed by atoms with Gasteiger partial charge in [0.15, 0.2) is 0 Å². The van der Waals surface area contributed by atoms with Crippen LogP contribution in [0, 0.1) is 5.92 Å². The first kappa shape index (κ1) is 13.8. The van der Waals surface area contributed by atoms with Crippen LogP contribution in [-0.2, 0) is 11.3 Å². The normalized spacial score (nSPS) is 12.8. The molecule has 0 aliphatic carbocycles. The minimum atomic E-state index is -0.0758. The fourth-order valence-corrected chi connectivity index (χ4v) is 1.53. The van der Waals surface area contributed by atoms with Crippen LogP contribution in [0.3, 0.4) is 0 Å². The summed E-state index contributed by atoms with van der Waals surface area (Å²) in [7, 11) is 0. The van der Waals surface area contributed by atoms with Gasteiger partial charge in [0, 0.05) is 19.0 Å². The predicted molar refractivity (Wildman–Crippen MR) is 67.2 cm³/mol. The molecule has 96 valence electrons. The molecule has 2 N–H and O–H groups in total. The number of nitrogens with zero attached hydrogens (tertiary/aromatic N) is 1. The first-order valence-electron chi connectivity index (χ1n) is 6.10. The maximum Gasteiger partial charge on any atom is 0.224 e. The third-order valence-corrected chi connectivity index (χ3v) is 2.93. The van der Waals surface area contributed by atoms with E-state index in [9.17, 15) is 4.79 Å².